The lowest BCUT2D eigenvalue weighted by molar-refractivity contribution is 1.16. The summed E-state index contributed by atoms with van der Waals surface area (Å²) in [5.41, 5.74) is 11.9. The molecule has 12 aromatic rings. The first-order chi connectivity index (χ1) is 31.3. The highest BCUT2D eigenvalue weighted by Gasteiger charge is 2.43. The third-order valence-corrected chi connectivity index (χ3v) is 17.9. The van der Waals surface area contributed by atoms with E-state index in [1.54, 1.807) is 0 Å². The van der Waals surface area contributed by atoms with Gasteiger partial charge in [0.25, 0.3) is 0 Å². The van der Waals surface area contributed by atoms with Gasteiger partial charge in [0.15, 0.2) is 8.07 Å². The Morgan fingerprint density at radius 3 is 1.48 bits per heavy atom. The molecule has 12 rings (SSSR count). The van der Waals surface area contributed by atoms with Gasteiger partial charge in [0.2, 0.25) is 0 Å². The molecule has 2 heterocycles. The van der Waals surface area contributed by atoms with Crippen molar-refractivity contribution in [2.75, 3.05) is 0 Å². The molecular weight excluding hydrogens is 777 g/mol. The molecule has 0 fully saturated rings. The molecular formula is C60H42N2Si. The zero-order valence-corrected chi connectivity index (χ0v) is 35.6. The van der Waals surface area contributed by atoms with E-state index >= 15 is 0 Å². The summed E-state index contributed by atoms with van der Waals surface area (Å²) < 4.78 is 5.06. The molecule has 0 bridgehead atoms. The Bertz CT molecular complexity index is 3500. The number of fused-ring (bicyclic) bond motifs is 6. The molecule has 0 N–H and O–H groups in total. The van der Waals surface area contributed by atoms with Crippen LogP contribution in [0.3, 0.4) is 0 Å². The molecule has 0 radical (unpaired) electrons. The molecule has 0 amide bonds. The predicted molar refractivity (Wildman–Crippen MR) is 270 cm³/mol. The van der Waals surface area contributed by atoms with E-state index in [9.17, 15) is 0 Å². The summed E-state index contributed by atoms with van der Waals surface area (Å²) in [6.45, 7) is 0. The van der Waals surface area contributed by atoms with Crippen molar-refractivity contribution < 1.29 is 0 Å². The molecule has 0 aliphatic carbocycles. The van der Waals surface area contributed by atoms with E-state index < -0.39 is 8.07 Å². The average Bonchev–Trinajstić information content (AvgIpc) is 3.88. The van der Waals surface area contributed by atoms with Gasteiger partial charge in [-0.05, 0) is 73.8 Å². The Hall–Kier alpha value is -7.98. The highest BCUT2D eigenvalue weighted by molar-refractivity contribution is 7.20. The lowest BCUT2D eigenvalue weighted by Gasteiger charge is -2.35. The second kappa shape index (κ2) is 15.2. The topological polar surface area (TPSA) is 9.86 Å². The Morgan fingerprint density at radius 2 is 0.810 bits per heavy atom. The molecule has 3 heteroatoms. The third-order valence-electron chi connectivity index (χ3n) is 13.1. The lowest BCUT2D eigenvalue weighted by atomic mass is 10.0. The third kappa shape index (κ3) is 5.85. The smallest absolute Gasteiger partial charge is 0.181 e. The fourth-order valence-corrected chi connectivity index (χ4v) is 15.3. The van der Waals surface area contributed by atoms with Crippen LogP contribution in [0.4, 0.5) is 0 Å². The maximum Gasteiger partial charge on any atom is 0.181 e. The van der Waals surface area contributed by atoms with E-state index in [0.29, 0.717) is 0 Å². The summed E-state index contributed by atoms with van der Waals surface area (Å²) in [6, 6.07) is 94.3. The van der Waals surface area contributed by atoms with Crippen LogP contribution in [0.5, 0.6) is 0 Å². The van der Waals surface area contributed by atoms with Gasteiger partial charge in [-0.25, -0.2) is 0 Å². The van der Waals surface area contributed by atoms with Crippen LogP contribution in [0.1, 0.15) is 0 Å². The highest BCUT2D eigenvalue weighted by atomic mass is 28.3. The van der Waals surface area contributed by atoms with Gasteiger partial charge in [0, 0.05) is 32.8 Å². The van der Waals surface area contributed by atoms with Crippen molar-refractivity contribution in [3.8, 4) is 33.6 Å². The zero-order chi connectivity index (χ0) is 41.7. The maximum absolute atomic E-state index is 2.94. The number of benzene rings is 10. The minimum atomic E-state index is -2.94. The van der Waals surface area contributed by atoms with E-state index in [2.05, 4.69) is 264 Å². The summed E-state index contributed by atoms with van der Waals surface area (Å²) in [5.74, 6) is 0. The number of para-hydroxylation sites is 3. The van der Waals surface area contributed by atoms with E-state index in [1.165, 1.54) is 81.1 Å². The summed E-state index contributed by atoms with van der Waals surface area (Å²) >= 11 is 0. The summed E-state index contributed by atoms with van der Waals surface area (Å²) in [5, 5.41) is 10.4. The number of aromatic nitrogens is 2. The molecule has 0 spiro atoms. The molecule has 0 aliphatic rings. The molecule has 0 atom stereocenters. The normalized spacial score (nSPS) is 11.8. The van der Waals surface area contributed by atoms with Crippen LogP contribution in [-0.2, 0) is 0 Å². The molecule has 0 aliphatic heterocycles. The van der Waals surface area contributed by atoms with E-state index in [0.717, 1.165) is 16.9 Å². The summed E-state index contributed by atoms with van der Waals surface area (Å²) in [7, 11) is -2.94. The molecule has 63 heavy (non-hydrogen) atoms. The maximum atomic E-state index is 2.57. The number of hydrogen-bond acceptors (Lipinski definition) is 0. The first kappa shape index (κ1) is 36.8. The quantitative estimate of drug-likeness (QED) is 0.107. The van der Waals surface area contributed by atoms with Crippen LogP contribution in [-0.4, -0.2) is 17.2 Å². The van der Waals surface area contributed by atoms with Crippen molar-refractivity contribution in [3.05, 3.63) is 255 Å². The van der Waals surface area contributed by atoms with Gasteiger partial charge in [0.05, 0.1) is 27.8 Å². The van der Waals surface area contributed by atoms with Crippen LogP contribution in [0.2, 0.25) is 0 Å². The first-order valence-corrected chi connectivity index (χ1v) is 23.8. The average molecular weight is 819 g/mol. The molecule has 0 saturated heterocycles. The van der Waals surface area contributed by atoms with Crippen LogP contribution < -0.4 is 20.7 Å². The standard InChI is InChI=1S/C60H42N2Si/c1-6-21-43(22-7-1)45-37-40-57-54(41-45)52-39-38-46(42-58(52)62(57)55-34-18-16-31-50(55)44-23-8-2-9-24-44)61-56-35-19-17-32-51(56)53-33-20-36-59(60(53)61)63(47-25-10-3-11-26-47,48-27-12-4-13-28-48)49-29-14-5-15-30-49/h1-42H. The Kier molecular flexibility index (Phi) is 8.87. The van der Waals surface area contributed by atoms with Crippen LogP contribution in [0.25, 0.3) is 77.2 Å². The number of hydrogen-bond donors (Lipinski definition) is 0. The van der Waals surface area contributed by atoms with Gasteiger partial charge in [-0.2, -0.15) is 0 Å². The van der Waals surface area contributed by atoms with Crippen molar-refractivity contribution >= 4 is 72.4 Å². The number of nitrogens with zero attached hydrogens (tertiary/aromatic N) is 2. The second-order valence-corrected chi connectivity index (χ2v) is 20.2. The van der Waals surface area contributed by atoms with Crippen molar-refractivity contribution in [2.24, 2.45) is 0 Å². The van der Waals surface area contributed by atoms with Gasteiger partial charge in [0.1, 0.15) is 0 Å². The minimum absolute atomic E-state index is 1.13. The van der Waals surface area contributed by atoms with Gasteiger partial charge < -0.3 is 9.13 Å². The predicted octanol–water partition coefficient (Wildman–Crippen LogP) is 12.6. The Balaban J connectivity index is 1.21. The largest absolute Gasteiger partial charge is 0.309 e. The monoisotopic (exact) mass is 818 g/mol. The van der Waals surface area contributed by atoms with Gasteiger partial charge in [-0.15, -0.1) is 0 Å². The zero-order valence-electron chi connectivity index (χ0n) is 34.6. The van der Waals surface area contributed by atoms with Gasteiger partial charge >= 0.3 is 0 Å². The second-order valence-electron chi connectivity index (χ2n) is 16.4. The molecule has 2 nitrogen and oxygen atoms in total. The summed E-state index contributed by atoms with van der Waals surface area (Å²) in [4.78, 5) is 0. The highest BCUT2D eigenvalue weighted by Crippen LogP contribution is 2.40. The fourth-order valence-electron chi connectivity index (χ4n) is 10.4. The SMILES string of the molecule is c1ccc(-c2ccc3c(c2)c2ccc(-n4c5ccccc5c5cccc([Si](c6ccccc6)(c6ccccc6)c6ccccc6)c54)cc2n3-c2ccccc2-c2ccccc2)cc1. The van der Waals surface area contributed by atoms with E-state index in [1.807, 2.05) is 0 Å². The van der Waals surface area contributed by atoms with Gasteiger partial charge in [-0.3, -0.25) is 0 Å². The molecule has 0 saturated carbocycles. The van der Waals surface area contributed by atoms with Crippen LogP contribution in [0.15, 0.2) is 255 Å². The van der Waals surface area contributed by atoms with E-state index in [-0.39, 0.29) is 0 Å². The van der Waals surface area contributed by atoms with Crippen LogP contribution in [0, 0.1) is 0 Å². The Morgan fingerprint density at radius 1 is 0.286 bits per heavy atom. The Labute approximate surface area is 368 Å². The van der Waals surface area contributed by atoms with Crippen molar-refractivity contribution in [1.29, 1.82) is 0 Å². The first-order valence-electron chi connectivity index (χ1n) is 21.8. The fraction of sp³-hybridized carbons (Fsp3) is 0. The van der Waals surface area contributed by atoms with Crippen molar-refractivity contribution in [3.63, 3.8) is 0 Å². The molecule has 296 valence electrons. The molecule has 0 unspecified atom stereocenters. The van der Waals surface area contributed by atoms with Gasteiger partial charge in [-0.1, -0.05) is 218 Å². The molecule has 10 aromatic carbocycles. The lowest BCUT2D eigenvalue weighted by Crippen LogP contribution is -2.75. The van der Waals surface area contributed by atoms with Crippen molar-refractivity contribution in [2.45, 2.75) is 0 Å². The van der Waals surface area contributed by atoms with Crippen LogP contribution >= 0.6 is 0 Å². The minimum Gasteiger partial charge on any atom is -0.309 e. The number of rotatable bonds is 8. The van der Waals surface area contributed by atoms with Crippen molar-refractivity contribution in [1.82, 2.24) is 9.13 Å². The summed E-state index contributed by atoms with van der Waals surface area (Å²) in [6.07, 6.45) is 0. The van der Waals surface area contributed by atoms with E-state index in [4.69, 9.17) is 0 Å². The molecule has 2 aromatic heterocycles.